The fraction of sp³-hybridized carbons (Fsp3) is 0.176. The first kappa shape index (κ1) is 32.2. The molecule has 0 saturated carbocycles. The maximum atomic E-state index is 4.93. The molecule has 2 aromatic heterocycles. The normalized spacial score (nSPS) is 9.95. The van der Waals surface area contributed by atoms with E-state index in [1.807, 2.05) is 24.8 Å². The van der Waals surface area contributed by atoms with Crippen molar-refractivity contribution in [3.63, 3.8) is 0 Å². The summed E-state index contributed by atoms with van der Waals surface area (Å²) < 4.78 is 0. The standard InChI is InChI=1S/2C16H14N.C2H6Si.2ClH.Zr/c2*1-2-12-10-14-4-3-5-15(16(14)11-12)13-6-8-17-9-7-13;1-3-2;;;/h2*3-11H,2H2,1H3;1-2H3;2*1H;/q2*-1;;;;+4/p-2. The van der Waals surface area contributed by atoms with Gasteiger partial charge in [-0.05, 0) is 48.2 Å². The van der Waals surface area contributed by atoms with Crippen molar-refractivity contribution in [3.05, 3.63) is 121 Å². The van der Waals surface area contributed by atoms with E-state index in [9.17, 15) is 0 Å². The average molecular weight is 661 g/mol. The van der Waals surface area contributed by atoms with Crippen molar-refractivity contribution in [1.29, 1.82) is 0 Å². The second-order valence-electron chi connectivity index (χ2n) is 9.09. The molecule has 0 N–H and O–H groups in total. The van der Waals surface area contributed by atoms with Gasteiger partial charge in [-0.1, -0.05) is 50.2 Å². The Bertz CT molecular complexity index is 1440. The van der Waals surface area contributed by atoms with Crippen molar-refractivity contribution in [3.8, 4) is 22.3 Å². The Balaban J connectivity index is 0.000000185. The first-order valence-electron chi connectivity index (χ1n) is 13.3. The van der Waals surface area contributed by atoms with Gasteiger partial charge in [0.25, 0.3) is 0 Å². The monoisotopic (exact) mass is 658 g/mol. The van der Waals surface area contributed by atoms with Crippen LogP contribution in [0.15, 0.2) is 110 Å². The van der Waals surface area contributed by atoms with Gasteiger partial charge in [0.15, 0.2) is 0 Å². The number of aromatic nitrogens is 2. The molecule has 40 heavy (non-hydrogen) atoms. The molecular formula is C34H34Cl2N2SiZr. The molecule has 6 aromatic rings. The van der Waals surface area contributed by atoms with Crippen LogP contribution < -0.4 is 0 Å². The Morgan fingerprint density at radius 3 is 1.32 bits per heavy atom. The maximum absolute atomic E-state index is 4.93. The predicted molar refractivity (Wildman–Crippen MR) is 173 cm³/mol. The quantitative estimate of drug-likeness (QED) is 0.139. The number of fused-ring (bicyclic) bond motifs is 2. The van der Waals surface area contributed by atoms with Crippen LogP contribution in [-0.2, 0) is 33.7 Å². The molecule has 0 spiro atoms. The summed E-state index contributed by atoms with van der Waals surface area (Å²) in [5.74, 6) is 0. The molecule has 0 amide bonds. The molecule has 0 fully saturated rings. The van der Waals surface area contributed by atoms with E-state index >= 15 is 0 Å². The molecule has 2 heterocycles. The summed E-state index contributed by atoms with van der Waals surface area (Å²) in [6.45, 7) is 8.70. The first-order chi connectivity index (χ1) is 19.6. The second-order valence-corrected chi connectivity index (χ2v) is 13.8. The summed E-state index contributed by atoms with van der Waals surface area (Å²) in [6, 6.07) is 30.4. The number of halogens is 2. The van der Waals surface area contributed by atoms with Crippen LogP contribution in [0.25, 0.3) is 43.8 Å². The van der Waals surface area contributed by atoms with Crippen LogP contribution in [0, 0.1) is 0 Å². The van der Waals surface area contributed by atoms with E-state index in [1.165, 1.54) is 54.9 Å². The summed E-state index contributed by atoms with van der Waals surface area (Å²) in [7, 11) is 11.0. The molecule has 202 valence electrons. The Labute approximate surface area is 260 Å². The third kappa shape index (κ3) is 8.82. The van der Waals surface area contributed by atoms with E-state index in [-0.39, 0.29) is 0 Å². The topological polar surface area (TPSA) is 25.8 Å². The van der Waals surface area contributed by atoms with E-state index in [4.69, 9.17) is 17.0 Å². The van der Waals surface area contributed by atoms with Gasteiger partial charge >= 0.3 is 37.9 Å². The molecule has 0 aliphatic rings. The fourth-order valence-corrected chi connectivity index (χ4v) is 4.57. The van der Waals surface area contributed by atoms with Gasteiger partial charge in [-0.2, -0.15) is 12.1 Å². The number of aryl methyl sites for hydroxylation is 2. The van der Waals surface area contributed by atoms with Crippen molar-refractivity contribution in [1.82, 2.24) is 9.97 Å². The van der Waals surface area contributed by atoms with E-state index in [0.29, 0.717) is 0 Å². The van der Waals surface area contributed by atoms with Crippen LogP contribution in [0.5, 0.6) is 0 Å². The molecule has 6 heteroatoms. The summed E-state index contributed by atoms with van der Waals surface area (Å²) in [5, 5.41) is 5.35. The zero-order valence-corrected chi connectivity index (χ0v) is 28.4. The number of benzene rings is 2. The molecule has 2 nitrogen and oxygen atoms in total. The van der Waals surface area contributed by atoms with Crippen molar-refractivity contribution in [2.45, 2.75) is 39.8 Å². The Kier molecular flexibility index (Phi) is 14.0. The molecule has 4 aromatic carbocycles. The van der Waals surface area contributed by atoms with Gasteiger partial charge in [0.05, 0.1) is 0 Å². The van der Waals surface area contributed by atoms with Crippen LogP contribution in [0.4, 0.5) is 0 Å². The molecule has 0 aliphatic carbocycles. The van der Waals surface area contributed by atoms with Crippen molar-refractivity contribution in [2.24, 2.45) is 0 Å². The van der Waals surface area contributed by atoms with Crippen molar-refractivity contribution < 1.29 is 20.8 Å². The number of nitrogens with zero attached hydrogens (tertiary/aromatic N) is 2. The molecule has 0 aliphatic heterocycles. The Morgan fingerprint density at radius 1 is 0.650 bits per heavy atom. The van der Waals surface area contributed by atoms with Gasteiger partial charge in [-0.25, -0.2) is 0 Å². The van der Waals surface area contributed by atoms with E-state index in [2.05, 4.69) is 122 Å². The predicted octanol–water partition coefficient (Wildman–Crippen LogP) is 10.5. The summed E-state index contributed by atoms with van der Waals surface area (Å²) >= 11 is -0.826. The molecular weight excluding hydrogens is 627 g/mol. The zero-order valence-electron chi connectivity index (χ0n) is 23.5. The molecule has 0 saturated heterocycles. The summed E-state index contributed by atoms with van der Waals surface area (Å²) in [4.78, 5) is 8.14. The molecule has 0 atom stereocenters. The van der Waals surface area contributed by atoms with E-state index < -0.39 is 20.8 Å². The SMILES string of the molecule is CCc1cc2c(-c3ccncc3)cccc2[cH-]1.CCc1cc2c(-c3ccncc3)cccc2[cH-]1.C[Si]C.[Cl][Zr+2][Cl]. The fourth-order valence-electron chi connectivity index (χ4n) is 4.57. The van der Waals surface area contributed by atoms with Crippen LogP contribution in [-0.4, -0.2) is 19.5 Å². The first-order valence-corrected chi connectivity index (χ1v) is 21.6. The third-order valence-corrected chi connectivity index (χ3v) is 6.42. The van der Waals surface area contributed by atoms with Gasteiger partial charge in [0.1, 0.15) is 0 Å². The van der Waals surface area contributed by atoms with Crippen molar-refractivity contribution >= 4 is 48.1 Å². The van der Waals surface area contributed by atoms with Gasteiger partial charge in [0.2, 0.25) is 0 Å². The van der Waals surface area contributed by atoms with Gasteiger partial charge in [-0.3, -0.25) is 9.97 Å². The third-order valence-electron chi connectivity index (χ3n) is 6.42. The Hall–Kier alpha value is -2.36. The minimum atomic E-state index is -0.826. The molecule has 6 rings (SSSR count). The molecule has 0 unspecified atom stereocenters. The number of rotatable bonds is 4. The minimum absolute atomic E-state index is 0.826. The van der Waals surface area contributed by atoms with Gasteiger partial charge < -0.3 is 0 Å². The second kappa shape index (κ2) is 17.5. The summed E-state index contributed by atoms with van der Waals surface area (Å²) in [5.41, 5.74) is 7.87. The van der Waals surface area contributed by atoms with Crippen molar-refractivity contribution in [2.75, 3.05) is 0 Å². The number of hydrogen-bond donors (Lipinski definition) is 0. The Morgan fingerprint density at radius 2 is 1.00 bits per heavy atom. The number of hydrogen-bond acceptors (Lipinski definition) is 2. The molecule has 2 radical (unpaired) electrons. The van der Waals surface area contributed by atoms with E-state index in [0.717, 1.165) is 22.4 Å². The van der Waals surface area contributed by atoms with Crippen LogP contribution in [0.1, 0.15) is 25.0 Å². The average Bonchev–Trinajstić information content (AvgIpc) is 3.63. The molecule has 0 bridgehead atoms. The van der Waals surface area contributed by atoms with Crippen LogP contribution in [0.3, 0.4) is 0 Å². The number of pyridine rings is 2. The van der Waals surface area contributed by atoms with Crippen LogP contribution in [0.2, 0.25) is 13.1 Å². The van der Waals surface area contributed by atoms with Gasteiger partial charge in [-0.15, -0.1) is 69.1 Å². The zero-order chi connectivity index (χ0) is 28.7. The van der Waals surface area contributed by atoms with Gasteiger partial charge in [0, 0.05) is 34.3 Å². The van der Waals surface area contributed by atoms with Crippen LogP contribution >= 0.6 is 17.0 Å². The van der Waals surface area contributed by atoms with E-state index in [1.54, 1.807) is 0 Å². The summed E-state index contributed by atoms with van der Waals surface area (Å²) in [6.07, 6.45) is 9.56.